The van der Waals surface area contributed by atoms with Crippen LogP contribution in [-0.2, 0) is 16.6 Å². The molecule has 4 rings (SSSR count). The molecule has 7 heteroatoms. The Morgan fingerprint density at radius 2 is 1.66 bits per heavy atom. The lowest BCUT2D eigenvalue weighted by Gasteiger charge is -2.23. The number of hydrogen-bond donors (Lipinski definition) is 1. The first-order valence-corrected chi connectivity index (χ1v) is 10.1. The average Bonchev–Trinajstić information content (AvgIpc) is 2.98. The van der Waals surface area contributed by atoms with Gasteiger partial charge in [-0.15, -0.1) is 13.2 Å². The number of carbonyl (C=O) groups excluding carboxylic acids is 1. The van der Waals surface area contributed by atoms with Crippen molar-refractivity contribution in [1.29, 1.82) is 0 Å². The normalized spacial score (nSPS) is 17.6. The highest BCUT2D eigenvalue weighted by atomic mass is 19.4. The predicted octanol–water partition coefficient (Wildman–Crippen LogP) is 5.77. The second kappa shape index (κ2) is 7.89. The number of halogens is 3. The van der Waals surface area contributed by atoms with Crippen LogP contribution in [0.15, 0.2) is 66.7 Å². The summed E-state index contributed by atoms with van der Waals surface area (Å²) in [5.74, 6) is -0.423. The van der Waals surface area contributed by atoms with Gasteiger partial charge in [-0.2, -0.15) is 0 Å². The third-order valence-corrected chi connectivity index (χ3v) is 5.77. The average molecular weight is 440 g/mol. The van der Waals surface area contributed by atoms with Crippen molar-refractivity contribution < 1.29 is 22.7 Å². The van der Waals surface area contributed by atoms with Gasteiger partial charge in [0, 0.05) is 25.5 Å². The summed E-state index contributed by atoms with van der Waals surface area (Å²) in [5, 5.41) is 2.94. The molecule has 1 amide bonds. The second-order valence-electron chi connectivity index (χ2n) is 8.36. The first-order valence-electron chi connectivity index (χ1n) is 10.1. The van der Waals surface area contributed by atoms with Crippen LogP contribution in [0.3, 0.4) is 0 Å². The van der Waals surface area contributed by atoms with E-state index in [1.54, 1.807) is 12.1 Å². The SMILES string of the molecule is CN(C)c1cccc(-c2ccc3c(c2)C(C)(Cc2ccc(OC(F)(F)F)cc2)C(=O)N3)c1. The molecule has 1 unspecified atom stereocenters. The van der Waals surface area contributed by atoms with Crippen LogP contribution in [0.4, 0.5) is 24.5 Å². The minimum atomic E-state index is -4.74. The van der Waals surface area contributed by atoms with E-state index in [4.69, 9.17) is 0 Å². The lowest BCUT2D eigenvalue weighted by atomic mass is 9.77. The molecule has 0 aromatic heterocycles. The molecular formula is C25H23F3N2O2. The third-order valence-electron chi connectivity index (χ3n) is 5.77. The van der Waals surface area contributed by atoms with Gasteiger partial charge in [-0.1, -0.05) is 30.3 Å². The van der Waals surface area contributed by atoms with Crippen molar-refractivity contribution in [2.45, 2.75) is 25.1 Å². The number of fused-ring (bicyclic) bond motifs is 1. The molecule has 1 aliphatic rings. The highest BCUT2D eigenvalue weighted by Crippen LogP contribution is 2.42. The van der Waals surface area contributed by atoms with Crippen LogP contribution in [0.5, 0.6) is 5.75 Å². The second-order valence-corrected chi connectivity index (χ2v) is 8.36. The van der Waals surface area contributed by atoms with Crippen LogP contribution in [-0.4, -0.2) is 26.4 Å². The largest absolute Gasteiger partial charge is 0.573 e. The molecule has 0 radical (unpaired) electrons. The minimum Gasteiger partial charge on any atom is -0.406 e. The molecule has 3 aromatic rings. The lowest BCUT2D eigenvalue weighted by Crippen LogP contribution is -2.33. The number of nitrogens with one attached hydrogen (secondary N) is 1. The Balaban J connectivity index is 1.65. The highest BCUT2D eigenvalue weighted by molar-refractivity contribution is 6.06. The molecule has 1 heterocycles. The van der Waals surface area contributed by atoms with Gasteiger partial charge in [0.05, 0.1) is 5.41 Å². The van der Waals surface area contributed by atoms with Gasteiger partial charge in [-0.05, 0) is 72.0 Å². The van der Waals surface area contributed by atoms with Gasteiger partial charge in [0.15, 0.2) is 0 Å². The number of nitrogens with zero attached hydrogens (tertiary/aromatic N) is 1. The van der Waals surface area contributed by atoms with Crippen molar-refractivity contribution in [3.63, 3.8) is 0 Å². The van der Waals surface area contributed by atoms with Crippen LogP contribution in [0.2, 0.25) is 0 Å². The maximum Gasteiger partial charge on any atom is 0.573 e. The van der Waals surface area contributed by atoms with Crippen molar-refractivity contribution in [2.75, 3.05) is 24.3 Å². The van der Waals surface area contributed by atoms with E-state index in [0.29, 0.717) is 6.42 Å². The Morgan fingerprint density at radius 3 is 2.31 bits per heavy atom. The van der Waals surface area contributed by atoms with Crippen molar-refractivity contribution in [3.05, 3.63) is 77.9 Å². The lowest BCUT2D eigenvalue weighted by molar-refractivity contribution is -0.274. The zero-order valence-corrected chi connectivity index (χ0v) is 18.0. The summed E-state index contributed by atoms with van der Waals surface area (Å²) < 4.78 is 41.2. The molecule has 1 atom stereocenters. The van der Waals surface area contributed by atoms with E-state index in [-0.39, 0.29) is 11.7 Å². The molecule has 3 aromatic carbocycles. The summed E-state index contributed by atoms with van der Waals surface area (Å²) in [4.78, 5) is 14.9. The van der Waals surface area contributed by atoms with Gasteiger partial charge in [0.25, 0.3) is 0 Å². The molecule has 4 nitrogen and oxygen atoms in total. The molecule has 1 N–H and O–H groups in total. The summed E-state index contributed by atoms with van der Waals surface area (Å²) in [5.41, 5.74) is 4.61. The van der Waals surface area contributed by atoms with Gasteiger partial charge >= 0.3 is 6.36 Å². The van der Waals surface area contributed by atoms with Crippen LogP contribution in [0.1, 0.15) is 18.1 Å². The monoisotopic (exact) mass is 440 g/mol. The van der Waals surface area contributed by atoms with Gasteiger partial charge in [0.1, 0.15) is 5.75 Å². The van der Waals surface area contributed by atoms with Gasteiger partial charge < -0.3 is 15.0 Å². The number of anilines is 2. The first kappa shape index (κ1) is 21.7. The number of ether oxygens (including phenoxy) is 1. The van der Waals surface area contributed by atoms with E-state index in [1.165, 1.54) is 12.1 Å². The summed E-state index contributed by atoms with van der Waals surface area (Å²) in [6, 6.07) is 19.7. The molecule has 0 saturated carbocycles. The molecule has 0 spiro atoms. The van der Waals surface area contributed by atoms with Crippen molar-refractivity contribution >= 4 is 17.3 Å². The number of rotatable bonds is 5. The molecule has 0 bridgehead atoms. The van der Waals surface area contributed by atoms with E-state index >= 15 is 0 Å². The van der Waals surface area contributed by atoms with Crippen LogP contribution in [0, 0.1) is 0 Å². The standard InChI is InChI=1S/C25H23F3N2O2/c1-24(15-16-7-10-20(11-8-16)32-25(26,27)28)21-14-18(9-12-22(21)29-23(24)31)17-5-4-6-19(13-17)30(2)3/h4-14H,15H2,1-3H3,(H,29,31). The van der Waals surface area contributed by atoms with Crippen LogP contribution < -0.4 is 15.0 Å². The Bertz CT molecular complexity index is 1160. The van der Waals surface area contributed by atoms with E-state index in [9.17, 15) is 18.0 Å². The fourth-order valence-electron chi connectivity index (χ4n) is 4.03. The number of alkyl halides is 3. The molecule has 1 aliphatic heterocycles. The van der Waals surface area contributed by atoms with Gasteiger partial charge in [0.2, 0.25) is 5.91 Å². The maximum absolute atomic E-state index is 12.9. The minimum absolute atomic E-state index is 0.137. The summed E-state index contributed by atoms with van der Waals surface area (Å²) in [6.07, 6.45) is -4.39. The Labute approximate surface area is 184 Å². The number of amides is 1. The Morgan fingerprint density at radius 1 is 0.969 bits per heavy atom. The van der Waals surface area contributed by atoms with Crippen LogP contribution in [0.25, 0.3) is 11.1 Å². The van der Waals surface area contributed by atoms with E-state index in [1.807, 2.05) is 62.3 Å². The van der Waals surface area contributed by atoms with Crippen molar-refractivity contribution in [3.8, 4) is 16.9 Å². The van der Waals surface area contributed by atoms with E-state index in [0.717, 1.165) is 33.6 Å². The number of benzene rings is 3. The third kappa shape index (κ3) is 4.28. The molecular weight excluding hydrogens is 417 g/mol. The molecule has 0 fully saturated rings. The van der Waals surface area contributed by atoms with E-state index < -0.39 is 11.8 Å². The van der Waals surface area contributed by atoms with Gasteiger partial charge in [-0.25, -0.2) is 0 Å². The fraction of sp³-hybridized carbons (Fsp3) is 0.240. The highest BCUT2D eigenvalue weighted by Gasteiger charge is 2.42. The molecule has 0 aliphatic carbocycles. The summed E-state index contributed by atoms with van der Waals surface area (Å²) >= 11 is 0. The van der Waals surface area contributed by atoms with Crippen molar-refractivity contribution in [2.24, 2.45) is 0 Å². The molecule has 166 valence electrons. The Kier molecular flexibility index (Phi) is 5.36. The summed E-state index contributed by atoms with van der Waals surface area (Å²) in [7, 11) is 3.96. The predicted molar refractivity (Wildman–Crippen MR) is 119 cm³/mol. The zero-order valence-electron chi connectivity index (χ0n) is 18.0. The molecule has 0 saturated heterocycles. The van der Waals surface area contributed by atoms with Crippen molar-refractivity contribution in [1.82, 2.24) is 0 Å². The number of hydrogen-bond acceptors (Lipinski definition) is 3. The Hall–Kier alpha value is -3.48. The first-order chi connectivity index (χ1) is 15.0. The maximum atomic E-state index is 12.9. The molecule has 32 heavy (non-hydrogen) atoms. The quantitative estimate of drug-likeness (QED) is 0.548. The topological polar surface area (TPSA) is 41.6 Å². The zero-order chi connectivity index (χ0) is 23.1. The van der Waals surface area contributed by atoms with Gasteiger partial charge in [-0.3, -0.25) is 4.79 Å². The fourth-order valence-corrected chi connectivity index (χ4v) is 4.03. The number of carbonyl (C=O) groups is 1. The van der Waals surface area contributed by atoms with Crippen LogP contribution >= 0.6 is 0 Å². The smallest absolute Gasteiger partial charge is 0.406 e. The summed E-state index contributed by atoms with van der Waals surface area (Å²) in [6.45, 7) is 1.86. The van der Waals surface area contributed by atoms with E-state index in [2.05, 4.69) is 16.1 Å².